The van der Waals surface area contributed by atoms with Crippen LogP contribution in [0.1, 0.15) is 117 Å². The van der Waals surface area contributed by atoms with Gasteiger partial charge in [0.25, 0.3) is 0 Å². The molecule has 5 aliphatic rings. The van der Waals surface area contributed by atoms with E-state index in [0.717, 1.165) is 50.7 Å². The van der Waals surface area contributed by atoms with Crippen molar-refractivity contribution in [3.63, 3.8) is 0 Å². The zero-order chi connectivity index (χ0) is 29.8. The lowest BCUT2D eigenvalue weighted by Gasteiger charge is -2.70. The molecule has 0 aliphatic heterocycles. The first-order chi connectivity index (χ1) is 19.8. The van der Waals surface area contributed by atoms with Crippen LogP contribution in [0.3, 0.4) is 0 Å². The van der Waals surface area contributed by atoms with Crippen molar-refractivity contribution in [3.05, 3.63) is 65.1 Å². The number of carbonyl (C=O) groups is 1. The zero-order valence-corrected chi connectivity index (χ0v) is 27.1. The molecule has 0 saturated heterocycles. The molecular weight excluding hydrogens is 516 g/mol. The van der Waals surface area contributed by atoms with E-state index in [1.807, 2.05) is 12.3 Å². The maximum absolute atomic E-state index is 14.3. The topological polar surface area (TPSA) is 55.1 Å². The Morgan fingerprint density at radius 1 is 0.952 bits per heavy atom. The molecular formula is C38H52N2O2. The Labute approximate surface area is 253 Å². The molecule has 7 rings (SSSR count). The minimum atomic E-state index is -0.288. The first kappa shape index (κ1) is 28.4. The number of nitrogens with one attached hydrogen (secondary N) is 1. The molecule has 0 bridgehead atoms. The quantitative estimate of drug-likeness (QED) is 0.377. The van der Waals surface area contributed by atoms with E-state index < -0.39 is 0 Å². The fourth-order valence-corrected chi connectivity index (χ4v) is 11.9. The van der Waals surface area contributed by atoms with Crippen molar-refractivity contribution in [2.45, 2.75) is 118 Å². The Bertz CT molecular complexity index is 1420. The minimum absolute atomic E-state index is 0.00296. The number of rotatable bonds is 3. The summed E-state index contributed by atoms with van der Waals surface area (Å²) in [5, 5.41) is 7.72. The summed E-state index contributed by atoms with van der Waals surface area (Å²) in [6.45, 7) is 18.2. The van der Waals surface area contributed by atoms with Crippen LogP contribution in [-0.2, 0) is 23.2 Å². The Morgan fingerprint density at radius 2 is 1.69 bits per heavy atom. The highest BCUT2D eigenvalue weighted by Gasteiger charge is 2.69. The van der Waals surface area contributed by atoms with Gasteiger partial charge in [-0.3, -0.25) is 4.79 Å². The number of hydrogen-bond acceptors (Lipinski definition) is 3. The summed E-state index contributed by atoms with van der Waals surface area (Å²) in [7, 11) is 0. The van der Waals surface area contributed by atoms with Gasteiger partial charge in [-0.15, -0.1) is 0 Å². The van der Waals surface area contributed by atoms with Gasteiger partial charge in [0.2, 0.25) is 5.91 Å². The number of amides is 1. The normalized spacial score (nSPS) is 41.2. The number of allylic oxidation sites excluding steroid dienone is 2. The molecule has 1 N–H and O–H groups in total. The lowest BCUT2D eigenvalue weighted by Crippen LogP contribution is -2.65. The van der Waals surface area contributed by atoms with Gasteiger partial charge >= 0.3 is 0 Å². The van der Waals surface area contributed by atoms with Crippen molar-refractivity contribution < 1.29 is 9.32 Å². The second-order valence-corrected chi connectivity index (χ2v) is 17.1. The van der Waals surface area contributed by atoms with Gasteiger partial charge in [-0.2, -0.15) is 0 Å². The van der Waals surface area contributed by atoms with Gasteiger partial charge in [-0.25, -0.2) is 0 Å². The van der Waals surface area contributed by atoms with E-state index in [1.54, 1.807) is 5.57 Å². The van der Waals surface area contributed by atoms with Gasteiger partial charge in [0.15, 0.2) is 0 Å². The average molecular weight is 569 g/mol. The summed E-state index contributed by atoms with van der Waals surface area (Å²) >= 11 is 0. The molecule has 0 spiro atoms. The molecule has 1 aromatic carbocycles. The summed E-state index contributed by atoms with van der Waals surface area (Å²) in [4.78, 5) is 14.3. The molecule has 42 heavy (non-hydrogen) atoms. The van der Waals surface area contributed by atoms with Crippen LogP contribution in [0.25, 0.3) is 0 Å². The third-order valence-corrected chi connectivity index (χ3v) is 14.3. The third-order valence-electron chi connectivity index (χ3n) is 14.3. The average Bonchev–Trinajstić information content (AvgIpc) is 3.41. The third kappa shape index (κ3) is 3.71. The number of aromatic nitrogens is 1. The van der Waals surface area contributed by atoms with Crippen molar-refractivity contribution in [2.75, 3.05) is 0 Å². The smallest absolute Gasteiger partial charge is 0.227 e. The summed E-state index contributed by atoms with van der Waals surface area (Å²) in [6, 6.07) is 10.4. The van der Waals surface area contributed by atoms with Gasteiger partial charge in [0, 0.05) is 17.5 Å². The number of fused-ring (bicyclic) bond motifs is 8. The first-order valence-electron chi connectivity index (χ1n) is 16.7. The molecule has 3 saturated carbocycles. The van der Waals surface area contributed by atoms with Crippen LogP contribution in [0.4, 0.5) is 0 Å². The predicted molar refractivity (Wildman–Crippen MR) is 168 cm³/mol. The fraction of sp³-hybridized carbons (Fsp3) is 0.684. The molecule has 1 amide bonds. The van der Waals surface area contributed by atoms with E-state index in [0.29, 0.717) is 30.2 Å². The molecule has 4 nitrogen and oxygen atoms in total. The van der Waals surface area contributed by atoms with Crippen LogP contribution in [0, 0.1) is 44.8 Å². The van der Waals surface area contributed by atoms with Crippen LogP contribution in [0.15, 0.2) is 52.7 Å². The second kappa shape index (κ2) is 9.08. The molecule has 5 aliphatic carbocycles. The minimum Gasteiger partial charge on any atom is -0.361 e. The molecule has 1 aromatic heterocycles. The molecule has 2 aromatic rings. The number of carbonyl (C=O) groups excluding carboxylic acids is 1. The Morgan fingerprint density at radius 3 is 2.45 bits per heavy atom. The van der Waals surface area contributed by atoms with Crippen LogP contribution >= 0.6 is 0 Å². The van der Waals surface area contributed by atoms with Gasteiger partial charge < -0.3 is 9.84 Å². The monoisotopic (exact) mass is 568 g/mol. The first-order valence-corrected chi connectivity index (χ1v) is 16.7. The van der Waals surface area contributed by atoms with Crippen LogP contribution in [0.2, 0.25) is 0 Å². The molecule has 226 valence electrons. The van der Waals surface area contributed by atoms with Gasteiger partial charge in [-0.1, -0.05) is 95.6 Å². The van der Waals surface area contributed by atoms with E-state index in [1.165, 1.54) is 24.0 Å². The highest BCUT2D eigenvalue weighted by atomic mass is 16.5. The summed E-state index contributed by atoms with van der Waals surface area (Å²) in [5.41, 5.74) is 4.64. The van der Waals surface area contributed by atoms with Crippen molar-refractivity contribution in [1.29, 1.82) is 0 Å². The van der Waals surface area contributed by atoms with E-state index in [9.17, 15) is 4.79 Å². The molecule has 1 unspecified atom stereocenters. The maximum Gasteiger partial charge on any atom is 0.227 e. The number of nitrogens with zero attached hydrogens (tertiary/aromatic N) is 1. The van der Waals surface area contributed by atoms with Crippen LogP contribution < -0.4 is 5.32 Å². The molecule has 0 radical (unpaired) electrons. The highest BCUT2D eigenvalue weighted by Crippen LogP contribution is 2.75. The van der Waals surface area contributed by atoms with Crippen LogP contribution in [0.5, 0.6) is 0 Å². The summed E-state index contributed by atoms with van der Waals surface area (Å²) < 4.78 is 5.89. The molecule has 1 heterocycles. The zero-order valence-electron chi connectivity index (χ0n) is 27.1. The highest BCUT2D eigenvalue weighted by molar-refractivity contribution is 5.84. The van der Waals surface area contributed by atoms with E-state index in [4.69, 9.17) is 4.52 Å². The molecule has 7 atom stereocenters. The Balaban J connectivity index is 1.26. The molecule has 4 heteroatoms. The second-order valence-electron chi connectivity index (χ2n) is 17.1. The Kier molecular flexibility index (Phi) is 6.14. The van der Waals surface area contributed by atoms with Gasteiger partial charge in [0.05, 0.1) is 11.6 Å². The largest absolute Gasteiger partial charge is 0.361 e. The number of hydrogen-bond donors (Lipinski definition) is 1. The lowest BCUT2D eigenvalue weighted by molar-refractivity contribution is -0.168. The predicted octanol–water partition coefficient (Wildman–Crippen LogP) is 8.81. The van der Waals surface area contributed by atoms with Crippen molar-refractivity contribution in [2.24, 2.45) is 44.8 Å². The fourth-order valence-electron chi connectivity index (χ4n) is 11.9. The van der Waals surface area contributed by atoms with E-state index >= 15 is 0 Å². The van der Waals surface area contributed by atoms with Crippen molar-refractivity contribution >= 4 is 5.91 Å². The Hall–Kier alpha value is -2.36. The summed E-state index contributed by atoms with van der Waals surface area (Å²) in [5.74, 6) is 2.94. The number of benzene rings is 1. The SMILES string of the molecule is CC1(C)CC[C@]2(C(=O)NCc3ccccc3)CC[C@]3(C)C(=CC[C@@H]4[C@@]5(C)Cc6cnoc6C(C)(C)C5CC[C@]43C)[C@@H]2C1. The lowest BCUT2D eigenvalue weighted by atomic mass is 9.33. The standard InChI is InChI=1S/C38H52N2O2/c1-33(2)17-19-38(32(41)39-23-25-11-9-8-10-12-25)20-18-36(6)27(28(38)22-33)13-14-30-35(5)21-26-24-40-42-31(26)34(3,4)29(35)15-16-37(30,36)7/h8-13,24,28-30H,14-23H2,1-7H3,(H,39,41)/t28-,29?,30+,35-,36+,37+,38-/m0/s1. The van der Waals surface area contributed by atoms with Crippen molar-refractivity contribution in [1.82, 2.24) is 10.5 Å². The molecule has 3 fully saturated rings. The maximum atomic E-state index is 14.3. The van der Waals surface area contributed by atoms with Crippen molar-refractivity contribution in [3.8, 4) is 0 Å². The van der Waals surface area contributed by atoms with E-state index in [-0.39, 0.29) is 32.5 Å². The van der Waals surface area contributed by atoms with Crippen LogP contribution in [-0.4, -0.2) is 11.1 Å². The van der Waals surface area contributed by atoms with E-state index in [2.05, 4.69) is 89.3 Å². The van der Waals surface area contributed by atoms with Gasteiger partial charge in [0.1, 0.15) is 5.76 Å². The summed E-state index contributed by atoms with van der Waals surface area (Å²) in [6.07, 6.45) is 14.7. The van der Waals surface area contributed by atoms with Gasteiger partial charge in [-0.05, 0) is 103 Å².